The molecule has 5 heteroatoms. The molecule has 0 aromatic heterocycles. The summed E-state index contributed by atoms with van der Waals surface area (Å²) < 4.78 is 11.7. The SMILES string of the molecule is CCOCCCOc1ccc(Br)cc1C=CC(=O)O. The van der Waals surface area contributed by atoms with Crippen LogP contribution in [0.4, 0.5) is 0 Å². The first kappa shape index (κ1) is 15.7. The third-order valence-electron chi connectivity index (χ3n) is 2.27. The lowest BCUT2D eigenvalue weighted by atomic mass is 10.2. The Bertz CT molecular complexity index is 443. The van der Waals surface area contributed by atoms with Crippen molar-refractivity contribution in [3.63, 3.8) is 0 Å². The van der Waals surface area contributed by atoms with Crippen LogP contribution in [0.5, 0.6) is 5.75 Å². The van der Waals surface area contributed by atoms with E-state index in [-0.39, 0.29) is 0 Å². The van der Waals surface area contributed by atoms with Crippen molar-refractivity contribution in [1.29, 1.82) is 0 Å². The van der Waals surface area contributed by atoms with E-state index in [1.165, 1.54) is 6.08 Å². The second kappa shape index (κ2) is 8.72. The molecular formula is C14H17BrO4. The number of carboxylic acid groups (broad SMARTS) is 1. The Hall–Kier alpha value is -1.33. The number of carboxylic acids is 1. The highest BCUT2D eigenvalue weighted by Gasteiger charge is 2.02. The van der Waals surface area contributed by atoms with E-state index in [0.717, 1.165) is 22.5 Å². The number of hydrogen-bond acceptors (Lipinski definition) is 3. The fourth-order valence-corrected chi connectivity index (χ4v) is 1.81. The van der Waals surface area contributed by atoms with E-state index in [4.69, 9.17) is 14.6 Å². The van der Waals surface area contributed by atoms with E-state index >= 15 is 0 Å². The topological polar surface area (TPSA) is 55.8 Å². The maximum absolute atomic E-state index is 10.5. The monoisotopic (exact) mass is 328 g/mol. The average Bonchev–Trinajstić information content (AvgIpc) is 2.38. The summed E-state index contributed by atoms with van der Waals surface area (Å²) in [5, 5.41) is 8.65. The minimum absolute atomic E-state index is 0.537. The molecule has 0 saturated carbocycles. The van der Waals surface area contributed by atoms with Crippen molar-refractivity contribution in [1.82, 2.24) is 0 Å². The lowest BCUT2D eigenvalue weighted by molar-refractivity contribution is -0.131. The third kappa shape index (κ3) is 6.40. The smallest absolute Gasteiger partial charge is 0.328 e. The van der Waals surface area contributed by atoms with Crippen LogP contribution in [0.15, 0.2) is 28.7 Å². The normalized spacial score (nSPS) is 10.8. The third-order valence-corrected chi connectivity index (χ3v) is 2.77. The molecule has 0 aliphatic rings. The zero-order chi connectivity index (χ0) is 14.1. The molecule has 1 aromatic carbocycles. The molecule has 0 radical (unpaired) electrons. The summed E-state index contributed by atoms with van der Waals surface area (Å²) in [6.45, 7) is 3.85. The Labute approximate surface area is 121 Å². The van der Waals surface area contributed by atoms with Crippen LogP contribution in [-0.4, -0.2) is 30.9 Å². The number of benzene rings is 1. The van der Waals surface area contributed by atoms with Crippen molar-refractivity contribution in [2.24, 2.45) is 0 Å². The molecule has 0 amide bonds. The van der Waals surface area contributed by atoms with Crippen molar-refractivity contribution >= 4 is 28.0 Å². The summed E-state index contributed by atoms with van der Waals surface area (Å²) in [5.41, 5.74) is 0.730. The van der Waals surface area contributed by atoms with Gasteiger partial charge < -0.3 is 14.6 Å². The number of hydrogen-bond donors (Lipinski definition) is 1. The largest absolute Gasteiger partial charge is 0.493 e. The van der Waals surface area contributed by atoms with Gasteiger partial charge in [-0.15, -0.1) is 0 Å². The molecule has 4 nitrogen and oxygen atoms in total. The van der Waals surface area contributed by atoms with Crippen molar-refractivity contribution in [2.75, 3.05) is 19.8 Å². The molecule has 1 rings (SSSR count). The number of rotatable bonds is 8. The van der Waals surface area contributed by atoms with E-state index < -0.39 is 5.97 Å². The Morgan fingerprint density at radius 1 is 1.42 bits per heavy atom. The van der Waals surface area contributed by atoms with Gasteiger partial charge in [0.15, 0.2) is 0 Å². The van der Waals surface area contributed by atoms with Gasteiger partial charge in [0, 0.05) is 35.7 Å². The van der Waals surface area contributed by atoms with Crippen molar-refractivity contribution in [3.05, 3.63) is 34.3 Å². The molecule has 0 unspecified atom stereocenters. The zero-order valence-electron chi connectivity index (χ0n) is 10.8. The summed E-state index contributed by atoms with van der Waals surface area (Å²) in [5.74, 6) is -0.320. The van der Waals surface area contributed by atoms with Gasteiger partial charge >= 0.3 is 5.97 Å². The minimum atomic E-state index is -0.984. The van der Waals surface area contributed by atoms with Crippen LogP contribution in [0.3, 0.4) is 0 Å². The van der Waals surface area contributed by atoms with Crippen LogP contribution in [0, 0.1) is 0 Å². The van der Waals surface area contributed by atoms with Crippen LogP contribution in [-0.2, 0) is 9.53 Å². The van der Waals surface area contributed by atoms with Crippen LogP contribution in [0.2, 0.25) is 0 Å². The van der Waals surface area contributed by atoms with E-state index in [0.29, 0.717) is 25.6 Å². The van der Waals surface area contributed by atoms with Gasteiger partial charge in [-0.2, -0.15) is 0 Å². The highest BCUT2D eigenvalue weighted by Crippen LogP contribution is 2.24. The van der Waals surface area contributed by atoms with Gasteiger partial charge in [0.2, 0.25) is 0 Å². The average molecular weight is 329 g/mol. The number of ether oxygens (including phenoxy) is 2. The van der Waals surface area contributed by atoms with Gasteiger partial charge in [0.25, 0.3) is 0 Å². The fraction of sp³-hybridized carbons (Fsp3) is 0.357. The Morgan fingerprint density at radius 3 is 2.89 bits per heavy atom. The van der Waals surface area contributed by atoms with Gasteiger partial charge in [-0.3, -0.25) is 0 Å². The summed E-state index contributed by atoms with van der Waals surface area (Å²) in [6.07, 6.45) is 3.41. The van der Waals surface area contributed by atoms with E-state index in [1.807, 2.05) is 25.1 Å². The highest BCUT2D eigenvalue weighted by molar-refractivity contribution is 9.10. The number of halogens is 1. The maximum Gasteiger partial charge on any atom is 0.328 e. The lowest BCUT2D eigenvalue weighted by Gasteiger charge is -2.09. The molecular weight excluding hydrogens is 312 g/mol. The first-order valence-corrected chi connectivity index (χ1v) is 6.84. The van der Waals surface area contributed by atoms with Crippen LogP contribution in [0.1, 0.15) is 18.9 Å². The molecule has 0 aliphatic heterocycles. The molecule has 0 bridgehead atoms. The molecule has 19 heavy (non-hydrogen) atoms. The van der Waals surface area contributed by atoms with Crippen molar-refractivity contribution < 1.29 is 19.4 Å². The van der Waals surface area contributed by atoms with Gasteiger partial charge in [0.1, 0.15) is 5.75 Å². The molecule has 0 atom stereocenters. The molecule has 0 aliphatic carbocycles. The van der Waals surface area contributed by atoms with Gasteiger partial charge in [-0.05, 0) is 31.2 Å². The van der Waals surface area contributed by atoms with Gasteiger partial charge in [-0.1, -0.05) is 15.9 Å². The maximum atomic E-state index is 10.5. The highest BCUT2D eigenvalue weighted by atomic mass is 79.9. The Morgan fingerprint density at radius 2 is 2.21 bits per heavy atom. The number of carbonyl (C=O) groups is 1. The molecule has 104 valence electrons. The standard InChI is InChI=1S/C14H17BrO4/c1-2-18-8-3-9-19-13-6-5-12(15)10-11(13)4-7-14(16)17/h4-7,10H,2-3,8-9H2,1H3,(H,16,17). The van der Waals surface area contributed by atoms with E-state index in [2.05, 4.69) is 15.9 Å². The molecule has 0 spiro atoms. The summed E-state index contributed by atoms with van der Waals surface area (Å²) in [7, 11) is 0. The predicted octanol–water partition coefficient (Wildman–Crippen LogP) is 3.35. The number of aliphatic carboxylic acids is 1. The molecule has 1 aromatic rings. The van der Waals surface area contributed by atoms with Crippen LogP contribution in [0.25, 0.3) is 6.08 Å². The van der Waals surface area contributed by atoms with E-state index in [1.54, 1.807) is 0 Å². The Kier molecular flexibility index (Phi) is 7.22. The van der Waals surface area contributed by atoms with Crippen molar-refractivity contribution in [3.8, 4) is 5.75 Å². The fourth-order valence-electron chi connectivity index (χ4n) is 1.43. The predicted molar refractivity (Wildman–Crippen MR) is 77.4 cm³/mol. The molecule has 0 fully saturated rings. The summed E-state index contributed by atoms with van der Waals surface area (Å²) in [6, 6.07) is 5.49. The molecule has 0 heterocycles. The van der Waals surface area contributed by atoms with Gasteiger partial charge in [0.05, 0.1) is 6.61 Å². The summed E-state index contributed by atoms with van der Waals surface area (Å²) in [4.78, 5) is 10.5. The first-order valence-electron chi connectivity index (χ1n) is 6.04. The van der Waals surface area contributed by atoms with Gasteiger partial charge in [-0.25, -0.2) is 4.79 Å². The molecule has 1 N–H and O–H groups in total. The first-order chi connectivity index (χ1) is 9.13. The quantitative estimate of drug-likeness (QED) is 0.587. The summed E-state index contributed by atoms with van der Waals surface area (Å²) >= 11 is 3.35. The van der Waals surface area contributed by atoms with Crippen molar-refractivity contribution in [2.45, 2.75) is 13.3 Å². The molecule has 0 saturated heterocycles. The lowest BCUT2D eigenvalue weighted by Crippen LogP contribution is -2.03. The van der Waals surface area contributed by atoms with E-state index in [9.17, 15) is 4.79 Å². The second-order valence-electron chi connectivity index (χ2n) is 3.75. The minimum Gasteiger partial charge on any atom is -0.493 e. The zero-order valence-corrected chi connectivity index (χ0v) is 12.4. The Balaban J connectivity index is 2.63. The van der Waals surface area contributed by atoms with Crippen LogP contribution < -0.4 is 4.74 Å². The second-order valence-corrected chi connectivity index (χ2v) is 4.67. The van der Waals surface area contributed by atoms with Crippen LogP contribution >= 0.6 is 15.9 Å².